The maximum atomic E-state index is 12.4. The minimum Gasteiger partial charge on any atom is -0.328 e. The predicted molar refractivity (Wildman–Crippen MR) is 84.0 cm³/mol. The van der Waals surface area contributed by atoms with Gasteiger partial charge < -0.3 is 5.73 Å². The number of benzene rings is 1. The molecule has 21 heavy (non-hydrogen) atoms. The fourth-order valence-corrected chi connectivity index (χ4v) is 4.11. The molecule has 116 valence electrons. The second-order valence-corrected chi connectivity index (χ2v) is 7.05. The first-order valence-electron chi connectivity index (χ1n) is 6.40. The average molecular weight is 350 g/mol. The van der Waals surface area contributed by atoms with Crippen molar-refractivity contribution in [3.05, 3.63) is 28.8 Å². The summed E-state index contributed by atoms with van der Waals surface area (Å²) in [4.78, 5) is -0.0672. The van der Waals surface area contributed by atoms with Gasteiger partial charge in [-0.25, -0.2) is 13.1 Å². The monoisotopic (exact) mass is 349 g/mol. The van der Waals surface area contributed by atoms with Gasteiger partial charge in [0.2, 0.25) is 10.0 Å². The summed E-state index contributed by atoms with van der Waals surface area (Å²) >= 11 is 5.87. The number of rotatable bonds is 3. The van der Waals surface area contributed by atoms with E-state index in [1.54, 1.807) is 0 Å². The Hall–Kier alpha value is -0.840. The van der Waals surface area contributed by atoms with Gasteiger partial charge >= 0.3 is 0 Å². The molecule has 1 fully saturated rings. The number of nitrogens with two attached hydrogens (primary N) is 1. The van der Waals surface area contributed by atoms with E-state index in [0.29, 0.717) is 12.8 Å². The Morgan fingerprint density at radius 2 is 1.90 bits per heavy atom. The lowest BCUT2D eigenvalue weighted by Crippen LogP contribution is -2.40. The minimum atomic E-state index is -3.74. The molecule has 5 nitrogen and oxygen atoms in total. The maximum Gasteiger partial charge on any atom is 0.242 e. The highest BCUT2D eigenvalue weighted by Crippen LogP contribution is 2.25. The summed E-state index contributed by atoms with van der Waals surface area (Å²) in [6.07, 6.45) is 3.02. The third-order valence-electron chi connectivity index (χ3n) is 3.47. The van der Waals surface area contributed by atoms with E-state index in [4.69, 9.17) is 22.6 Å². The number of nitrogens with one attached hydrogen (secondary N) is 1. The molecule has 3 N–H and O–H groups in total. The number of sulfonamides is 1. The van der Waals surface area contributed by atoms with Crippen LogP contribution in [0, 0.1) is 11.3 Å². The molecule has 1 aromatic rings. The smallest absolute Gasteiger partial charge is 0.242 e. The molecular formula is C13H17Cl2N3O2S. The highest BCUT2D eigenvalue weighted by atomic mass is 35.5. The van der Waals surface area contributed by atoms with Crippen LogP contribution in [0.5, 0.6) is 0 Å². The Kier molecular flexibility index (Phi) is 6.44. The Balaban J connectivity index is 0.00000220. The highest BCUT2D eigenvalue weighted by molar-refractivity contribution is 7.89. The molecule has 2 rings (SSSR count). The average Bonchev–Trinajstić information content (AvgIpc) is 2.41. The van der Waals surface area contributed by atoms with Crippen molar-refractivity contribution in [3.63, 3.8) is 0 Å². The molecular weight excluding hydrogens is 333 g/mol. The molecule has 1 aliphatic rings. The van der Waals surface area contributed by atoms with Crippen LogP contribution in [0.2, 0.25) is 5.02 Å². The fourth-order valence-electron chi connectivity index (χ4n) is 2.36. The van der Waals surface area contributed by atoms with Crippen LogP contribution in [-0.2, 0) is 10.0 Å². The third kappa shape index (κ3) is 4.31. The summed E-state index contributed by atoms with van der Waals surface area (Å²) in [7, 11) is -3.74. The van der Waals surface area contributed by atoms with Crippen molar-refractivity contribution in [2.24, 2.45) is 5.73 Å². The van der Waals surface area contributed by atoms with Crippen molar-refractivity contribution < 1.29 is 8.42 Å². The lowest BCUT2D eigenvalue weighted by Gasteiger charge is -2.26. The van der Waals surface area contributed by atoms with E-state index >= 15 is 0 Å². The van der Waals surface area contributed by atoms with Crippen molar-refractivity contribution in [2.75, 3.05) is 0 Å². The number of halogens is 2. The molecule has 8 heteroatoms. The van der Waals surface area contributed by atoms with Crippen LogP contribution in [0.25, 0.3) is 0 Å². The fraction of sp³-hybridized carbons (Fsp3) is 0.462. The van der Waals surface area contributed by atoms with Gasteiger partial charge in [-0.05, 0) is 37.8 Å². The van der Waals surface area contributed by atoms with Gasteiger partial charge in [0.1, 0.15) is 11.0 Å². The third-order valence-corrected chi connectivity index (χ3v) is 5.35. The van der Waals surface area contributed by atoms with E-state index in [9.17, 15) is 8.42 Å². The highest BCUT2D eigenvalue weighted by Gasteiger charge is 2.26. The van der Waals surface area contributed by atoms with E-state index in [-0.39, 0.29) is 40.0 Å². The quantitative estimate of drug-likeness (QED) is 0.873. The van der Waals surface area contributed by atoms with Crippen molar-refractivity contribution in [1.29, 1.82) is 5.26 Å². The topological polar surface area (TPSA) is 96.0 Å². The number of nitrogens with zero attached hydrogens (tertiary/aromatic N) is 1. The lowest BCUT2D eigenvalue weighted by molar-refractivity contribution is 0.373. The SMILES string of the molecule is Cl.N#Cc1c(Cl)cccc1S(=O)(=O)NC1CCC(N)CC1. The van der Waals surface area contributed by atoms with Crippen molar-refractivity contribution in [2.45, 2.75) is 42.7 Å². The van der Waals surface area contributed by atoms with Crippen LogP contribution in [0.3, 0.4) is 0 Å². The Labute approximate surface area is 135 Å². The first-order chi connectivity index (χ1) is 9.44. The number of hydrogen-bond donors (Lipinski definition) is 2. The van der Waals surface area contributed by atoms with Gasteiger partial charge in [-0.15, -0.1) is 12.4 Å². The predicted octanol–water partition coefficient (Wildman–Crippen LogP) is 2.18. The van der Waals surface area contributed by atoms with E-state index < -0.39 is 10.0 Å². The number of hydrogen-bond acceptors (Lipinski definition) is 4. The molecule has 1 aliphatic carbocycles. The first kappa shape index (κ1) is 18.2. The summed E-state index contributed by atoms with van der Waals surface area (Å²) in [6, 6.07) is 6.27. The summed E-state index contributed by atoms with van der Waals surface area (Å²) in [5.41, 5.74) is 5.78. The molecule has 0 atom stereocenters. The zero-order valence-electron chi connectivity index (χ0n) is 11.3. The molecule has 0 aliphatic heterocycles. The van der Waals surface area contributed by atoms with Crippen molar-refractivity contribution in [1.82, 2.24) is 4.72 Å². The van der Waals surface area contributed by atoms with Gasteiger partial charge in [0, 0.05) is 12.1 Å². The van der Waals surface area contributed by atoms with Crippen LogP contribution in [-0.4, -0.2) is 20.5 Å². The normalized spacial score (nSPS) is 22.1. The van der Waals surface area contributed by atoms with Crippen LogP contribution in [0.1, 0.15) is 31.2 Å². The Bertz CT molecular complexity index is 635. The van der Waals surface area contributed by atoms with Gasteiger partial charge in [-0.2, -0.15) is 5.26 Å². The van der Waals surface area contributed by atoms with Gasteiger partial charge in [-0.3, -0.25) is 0 Å². The summed E-state index contributed by atoms with van der Waals surface area (Å²) in [5, 5.41) is 9.20. The summed E-state index contributed by atoms with van der Waals surface area (Å²) < 4.78 is 27.4. The minimum absolute atomic E-state index is 0. The van der Waals surface area contributed by atoms with Crippen molar-refractivity contribution in [3.8, 4) is 6.07 Å². The standard InChI is InChI=1S/C13H16ClN3O2S.ClH/c14-12-2-1-3-13(11(12)8-15)20(18,19)17-10-6-4-9(16)5-7-10;/h1-3,9-10,17H,4-7,16H2;1H. The zero-order chi connectivity index (χ0) is 14.8. The second-order valence-electron chi connectivity index (χ2n) is 4.96. The molecule has 0 radical (unpaired) electrons. The van der Waals surface area contributed by atoms with Crippen LogP contribution in [0.15, 0.2) is 23.1 Å². The Morgan fingerprint density at radius 3 is 2.48 bits per heavy atom. The molecule has 1 aromatic carbocycles. The molecule has 0 amide bonds. The molecule has 0 bridgehead atoms. The van der Waals surface area contributed by atoms with Crippen LogP contribution in [0.4, 0.5) is 0 Å². The van der Waals surface area contributed by atoms with E-state index in [1.807, 2.05) is 6.07 Å². The summed E-state index contributed by atoms with van der Waals surface area (Å²) in [5.74, 6) is 0. The van der Waals surface area contributed by atoms with Gasteiger partial charge in [0.15, 0.2) is 0 Å². The van der Waals surface area contributed by atoms with E-state index in [0.717, 1.165) is 12.8 Å². The van der Waals surface area contributed by atoms with Gasteiger partial charge in [0.05, 0.1) is 10.6 Å². The molecule has 1 saturated carbocycles. The second kappa shape index (κ2) is 7.43. The maximum absolute atomic E-state index is 12.4. The van der Waals surface area contributed by atoms with Crippen LogP contribution >= 0.6 is 24.0 Å². The van der Waals surface area contributed by atoms with Crippen LogP contribution < -0.4 is 10.5 Å². The lowest BCUT2D eigenvalue weighted by atomic mass is 9.93. The van der Waals surface area contributed by atoms with Crippen molar-refractivity contribution >= 4 is 34.0 Å². The van der Waals surface area contributed by atoms with E-state index in [1.165, 1.54) is 18.2 Å². The first-order valence-corrected chi connectivity index (χ1v) is 8.26. The van der Waals surface area contributed by atoms with Gasteiger partial charge in [0.25, 0.3) is 0 Å². The van der Waals surface area contributed by atoms with Gasteiger partial charge in [-0.1, -0.05) is 17.7 Å². The molecule has 0 saturated heterocycles. The molecule has 0 aromatic heterocycles. The largest absolute Gasteiger partial charge is 0.328 e. The molecule has 0 spiro atoms. The summed E-state index contributed by atoms with van der Waals surface area (Å²) in [6.45, 7) is 0. The van der Waals surface area contributed by atoms with E-state index in [2.05, 4.69) is 4.72 Å². The number of nitriles is 1. The Morgan fingerprint density at radius 1 is 1.29 bits per heavy atom. The zero-order valence-corrected chi connectivity index (χ0v) is 13.6. The molecule has 0 unspecified atom stereocenters. The molecule has 0 heterocycles.